The van der Waals surface area contributed by atoms with Gasteiger partial charge in [-0.05, 0) is 35.4 Å². The number of rotatable bonds is 7. The van der Waals surface area contributed by atoms with Crippen LogP contribution in [0, 0.1) is 0 Å². The number of benzene rings is 3. The predicted molar refractivity (Wildman–Crippen MR) is 107 cm³/mol. The maximum atomic E-state index is 12.8. The van der Waals surface area contributed by atoms with Crippen molar-refractivity contribution in [3.8, 4) is 5.75 Å². The minimum Gasteiger partial charge on any atom is -0.484 e. The molecule has 0 unspecified atom stereocenters. The Morgan fingerprint density at radius 1 is 0.769 bits per heavy atom. The molecule has 132 valence electrons. The summed E-state index contributed by atoms with van der Waals surface area (Å²) >= 11 is 3.39. The van der Waals surface area contributed by atoms with Gasteiger partial charge in [0.2, 0.25) is 0 Å². The summed E-state index contributed by atoms with van der Waals surface area (Å²) < 4.78 is 6.64. The lowest BCUT2D eigenvalue weighted by Gasteiger charge is -2.23. The molecule has 3 nitrogen and oxygen atoms in total. The minimum atomic E-state index is -0.0411. The molecule has 0 heterocycles. The lowest BCUT2D eigenvalue weighted by molar-refractivity contribution is -0.134. The van der Waals surface area contributed by atoms with Crippen molar-refractivity contribution in [2.24, 2.45) is 0 Å². The Labute approximate surface area is 162 Å². The van der Waals surface area contributed by atoms with Crippen LogP contribution in [-0.2, 0) is 17.9 Å². The van der Waals surface area contributed by atoms with Crippen molar-refractivity contribution in [2.45, 2.75) is 13.1 Å². The van der Waals surface area contributed by atoms with Crippen molar-refractivity contribution < 1.29 is 9.53 Å². The molecule has 26 heavy (non-hydrogen) atoms. The number of carbonyl (C=O) groups is 1. The standard InChI is InChI=1S/C22H20BrNO2/c23-20-11-13-21(14-12-20)26-17-22(25)24(15-18-7-3-1-4-8-18)16-19-9-5-2-6-10-19/h1-14H,15-17H2. The summed E-state index contributed by atoms with van der Waals surface area (Å²) in [5.41, 5.74) is 2.20. The van der Waals surface area contributed by atoms with E-state index in [-0.39, 0.29) is 12.5 Å². The predicted octanol–water partition coefficient (Wildman–Crippen LogP) is 5.06. The number of ether oxygens (including phenoxy) is 1. The summed E-state index contributed by atoms with van der Waals surface area (Å²) in [6.07, 6.45) is 0. The summed E-state index contributed by atoms with van der Waals surface area (Å²) in [6, 6.07) is 27.5. The Morgan fingerprint density at radius 3 is 1.77 bits per heavy atom. The SMILES string of the molecule is O=C(COc1ccc(Br)cc1)N(Cc1ccccc1)Cc1ccccc1. The van der Waals surface area contributed by atoms with Crippen LogP contribution in [0.3, 0.4) is 0 Å². The first-order valence-electron chi connectivity index (χ1n) is 8.45. The molecule has 0 spiro atoms. The third-order valence-corrected chi connectivity index (χ3v) is 4.49. The van der Waals surface area contributed by atoms with Crippen molar-refractivity contribution in [2.75, 3.05) is 6.61 Å². The van der Waals surface area contributed by atoms with Crippen molar-refractivity contribution in [1.82, 2.24) is 4.90 Å². The molecular formula is C22H20BrNO2. The Bertz CT molecular complexity index is 778. The molecule has 0 fully saturated rings. The summed E-state index contributed by atoms with van der Waals surface area (Å²) in [5, 5.41) is 0. The molecular weight excluding hydrogens is 390 g/mol. The van der Waals surface area contributed by atoms with E-state index >= 15 is 0 Å². The van der Waals surface area contributed by atoms with Gasteiger partial charge in [0.05, 0.1) is 0 Å². The van der Waals surface area contributed by atoms with Crippen molar-refractivity contribution in [3.05, 3.63) is 101 Å². The fourth-order valence-corrected chi connectivity index (χ4v) is 2.87. The topological polar surface area (TPSA) is 29.5 Å². The highest BCUT2D eigenvalue weighted by Crippen LogP contribution is 2.17. The highest BCUT2D eigenvalue weighted by Gasteiger charge is 2.15. The van der Waals surface area contributed by atoms with Crippen LogP contribution in [0.2, 0.25) is 0 Å². The second-order valence-electron chi connectivity index (χ2n) is 5.96. The van der Waals surface area contributed by atoms with Crippen LogP contribution in [-0.4, -0.2) is 17.4 Å². The van der Waals surface area contributed by atoms with Gasteiger partial charge >= 0.3 is 0 Å². The van der Waals surface area contributed by atoms with E-state index in [0.29, 0.717) is 18.8 Å². The van der Waals surface area contributed by atoms with Crippen molar-refractivity contribution in [3.63, 3.8) is 0 Å². The molecule has 0 aliphatic rings. The van der Waals surface area contributed by atoms with E-state index in [1.807, 2.05) is 89.8 Å². The van der Waals surface area contributed by atoms with Gasteiger partial charge in [-0.1, -0.05) is 76.6 Å². The zero-order valence-electron chi connectivity index (χ0n) is 14.3. The van der Waals surface area contributed by atoms with Gasteiger partial charge in [0.1, 0.15) is 5.75 Å². The highest BCUT2D eigenvalue weighted by atomic mass is 79.9. The van der Waals surface area contributed by atoms with Gasteiger partial charge in [-0.2, -0.15) is 0 Å². The Hall–Kier alpha value is -2.59. The summed E-state index contributed by atoms with van der Waals surface area (Å²) in [4.78, 5) is 14.6. The van der Waals surface area contributed by atoms with E-state index in [1.54, 1.807) is 0 Å². The molecule has 0 aromatic heterocycles. The van der Waals surface area contributed by atoms with Crippen LogP contribution in [0.5, 0.6) is 5.75 Å². The van der Waals surface area contributed by atoms with E-state index < -0.39 is 0 Å². The van der Waals surface area contributed by atoms with E-state index in [0.717, 1.165) is 15.6 Å². The molecule has 3 rings (SSSR count). The molecule has 0 saturated heterocycles. The molecule has 0 aliphatic heterocycles. The van der Waals surface area contributed by atoms with Gasteiger partial charge in [0.15, 0.2) is 6.61 Å². The van der Waals surface area contributed by atoms with E-state index in [2.05, 4.69) is 15.9 Å². The van der Waals surface area contributed by atoms with E-state index in [9.17, 15) is 4.79 Å². The third kappa shape index (κ3) is 5.46. The van der Waals surface area contributed by atoms with Crippen molar-refractivity contribution >= 4 is 21.8 Å². The van der Waals surface area contributed by atoms with Gasteiger partial charge in [-0.3, -0.25) is 4.79 Å². The molecule has 0 saturated carbocycles. The summed E-state index contributed by atoms with van der Waals surface area (Å²) in [7, 11) is 0. The lowest BCUT2D eigenvalue weighted by atomic mass is 10.1. The lowest BCUT2D eigenvalue weighted by Crippen LogP contribution is -2.34. The van der Waals surface area contributed by atoms with Gasteiger partial charge < -0.3 is 9.64 Å². The van der Waals surface area contributed by atoms with Gasteiger partial charge in [0.25, 0.3) is 5.91 Å². The number of halogens is 1. The molecule has 4 heteroatoms. The van der Waals surface area contributed by atoms with E-state index in [1.165, 1.54) is 0 Å². The number of hydrogen-bond donors (Lipinski definition) is 0. The fraction of sp³-hybridized carbons (Fsp3) is 0.136. The van der Waals surface area contributed by atoms with Gasteiger partial charge in [0, 0.05) is 17.6 Å². The normalized spacial score (nSPS) is 10.3. The molecule has 0 aliphatic carbocycles. The highest BCUT2D eigenvalue weighted by molar-refractivity contribution is 9.10. The molecule has 0 atom stereocenters. The van der Waals surface area contributed by atoms with Gasteiger partial charge in [-0.15, -0.1) is 0 Å². The minimum absolute atomic E-state index is 0.0152. The largest absolute Gasteiger partial charge is 0.484 e. The molecule has 0 N–H and O–H groups in total. The quantitative estimate of drug-likeness (QED) is 0.545. The molecule has 1 amide bonds. The Balaban J connectivity index is 1.68. The van der Waals surface area contributed by atoms with Crippen molar-refractivity contribution in [1.29, 1.82) is 0 Å². The smallest absolute Gasteiger partial charge is 0.261 e. The number of carbonyl (C=O) groups excluding carboxylic acids is 1. The van der Waals surface area contributed by atoms with Gasteiger partial charge in [-0.25, -0.2) is 0 Å². The third-order valence-electron chi connectivity index (χ3n) is 3.96. The van der Waals surface area contributed by atoms with Crippen LogP contribution < -0.4 is 4.74 Å². The first-order chi connectivity index (χ1) is 12.7. The number of amides is 1. The Morgan fingerprint density at radius 2 is 1.27 bits per heavy atom. The second kappa shape index (κ2) is 9.20. The maximum Gasteiger partial charge on any atom is 0.261 e. The average Bonchev–Trinajstić information content (AvgIpc) is 2.68. The summed E-state index contributed by atoms with van der Waals surface area (Å²) in [5.74, 6) is 0.640. The van der Waals surface area contributed by atoms with Crippen LogP contribution in [0.4, 0.5) is 0 Å². The first kappa shape index (κ1) is 18.2. The Kier molecular flexibility index (Phi) is 6.45. The van der Waals surface area contributed by atoms with Crippen LogP contribution in [0.25, 0.3) is 0 Å². The van der Waals surface area contributed by atoms with Crippen LogP contribution in [0.15, 0.2) is 89.4 Å². The zero-order valence-corrected chi connectivity index (χ0v) is 15.9. The number of hydrogen-bond acceptors (Lipinski definition) is 2. The second-order valence-corrected chi connectivity index (χ2v) is 6.88. The molecule has 0 radical (unpaired) electrons. The van der Waals surface area contributed by atoms with E-state index in [4.69, 9.17) is 4.74 Å². The average molecular weight is 410 g/mol. The summed E-state index contributed by atoms with van der Waals surface area (Å²) in [6.45, 7) is 1.12. The fourth-order valence-electron chi connectivity index (χ4n) is 2.61. The monoisotopic (exact) mass is 409 g/mol. The van der Waals surface area contributed by atoms with Crippen LogP contribution in [0.1, 0.15) is 11.1 Å². The van der Waals surface area contributed by atoms with Crippen LogP contribution >= 0.6 is 15.9 Å². The zero-order chi connectivity index (χ0) is 18.2. The molecule has 0 bridgehead atoms. The molecule has 3 aromatic rings. The maximum absolute atomic E-state index is 12.8. The number of nitrogens with zero attached hydrogens (tertiary/aromatic N) is 1. The molecule has 3 aromatic carbocycles. The first-order valence-corrected chi connectivity index (χ1v) is 9.24.